The van der Waals surface area contributed by atoms with Crippen LogP contribution in [0.4, 0.5) is 4.79 Å². The second-order valence-electron chi connectivity index (χ2n) is 3.85. The van der Waals surface area contributed by atoms with Gasteiger partial charge in [0.1, 0.15) is 5.69 Å². The van der Waals surface area contributed by atoms with Crippen molar-refractivity contribution in [2.24, 2.45) is 12.8 Å². The predicted octanol–water partition coefficient (Wildman–Crippen LogP) is -1.28. The van der Waals surface area contributed by atoms with E-state index in [-0.39, 0.29) is 6.54 Å². The molecular weight excluding hydrogens is 210 g/mol. The number of imide groups is 1. The fraction of sp³-hybridized carbons (Fsp3) is 0.444. The third-order valence-corrected chi connectivity index (χ3v) is 2.66. The summed E-state index contributed by atoms with van der Waals surface area (Å²) in [7, 11) is 1.75. The van der Waals surface area contributed by atoms with E-state index in [1.165, 1.54) is 0 Å². The van der Waals surface area contributed by atoms with Crippen molar-refractivity contribution >= 4 is 11.9 Å². The number of rotatable bonds is 2. The number of hydrogen-bond acceptors (Lipinski definition) is 4. The molecule has 4 N–H and O–H groups in total. The molecule has 0 radical (unpaired) electrons. The standard InChI is InChI=1S/C9H13N5O2/c1-5-3-14(2)13-6(5)9(4-10)7(15)11-8(16)12-9/h3H,4,10H2,1-2H3,(H2,11,12,15,16). The fourth-order valence-electron chi connectivity index (χ4n) is 1.93. The molecule has 2 rings (SSSR count). The van der Waals surface area contributed by atoms with Gasteiger partial charge in [0.25, 0.3) is 5.91 Å². The van der Waals surface area contributed by atoms with Crippen LogP contribution >= 0.6 is 0 Å². The SMILES string of the molecule is Cc1cn(C)nc1C1(CN)NC(=O)NC1=O. The summed E-state index contributed by atoms with van der Waals surface area (Å²) in [5.74, 6) is -0.457. The van der Waals surface area contributed by atoms with Crippen LogP contribution in [0.5, 0.6) is 0 Å². The van der Waals surface area contributed by atoms with Gasteiger partial charge in [-0.1, -0.05) is 0 Å². The summed E-state index contributed by atoms with van der Waals surface area (Å²) in [6.45, 7) is 1.79. The molecular formula is C9H13N5O2. The molecule has 1 aliphatic rings. The summed E-state index contributed by atoms with van der Waals surface area (Å²) in [5, 5.41) is 8.89. The van der Waals surface area contributed by atoms with Crippen molar-refractivity contribution in [2.45, 2.75) is 12.5 Å². The first-order chi connectivity index (χ1) is 7.49. The van der Waals surface area contributed by atoms with Crippen LogP contribution in [0.3, 0.4) is 0 Å². The number of amides is 3. The zero-order valence-electron chi connectivity index (χ0n) is 9.07. The second-order valence-corrected chi connectivity index (χ2v) is 3.85. The van der Waals surface area contributed by atoms with Gasteiger partial charge in [-0.15, -0.1) is 0 Å². The Morgan fingerprint density at radius 2 is 2.25 bits per heavy atom. The van der Waals surface area contributed by atoms with E-state index in [0.29, 0.717) is 5.69 Å². The number of carbonyl (C=O) groups excluding carboxylic acids is 2. The zero-order valence-corrected chi connectivity index (χ0v) is 9.07. The van der Waals surface area contributed by atoms with Gasteiger partial charge in [-0.3, -0.25) is 14.8 Å². The first-order valence-electron chi connectivity index (χ1n) is 4.84. The largest absolute Gasteiger partial charge is 0.327 e. The minimum atomic E-state index is -1.23. The minimum Gasteiger partial charge on any atom is -0.327 e. The average molecular weight is 223 g/mol. The third kappa shape index (κ3) is 1.28. The summed E-state index contributed by atoms with van der Waals surface area (Å²) in [4.78, 5) is 23.0. The number of urea groups is 1. The van der Waals surface area contributed by atoms with Gasteiger partial charge in [-0.25, -0.2) is 4.79 Å². The fourth-order valence-corrected chi connectivity index (χ4v) is 1.93. The molecule has 1 atom stereocenters. The van der Waals surface area contributed by atoms with Gasteiger partial charge in [0.15, 0.2) is 5.54 Å². The molecule has 1 aromatic heterocycles. The van der Waals surface area contributed by atoms with Gasteiger partial charge >= 0.3 is 6.03 Å². The van der Waals surface area contributed by atoms with Crippen LogP contribution in [0.1, 0.15) is 11.3 Å². The molecule has 0 saturated carbocycles. The van der Waals surface area contributed by atoms with Crippen molar-refractivity contribution in [3.05, 3.63) is 17.5 Å². The molecule has 2 heterocycles. The van der Waals surface area contributed by atoms with Crippen molar-refractivity contribution in [1.29, 1.82) is 0 Å². The van der Waals surface area contributed by atoms with Crippen molar-refractivity contribution in [3.8, 4) is 0 Å². The van der Waals surface area contributed by atoms with Crippen LogP contribution in [-0.4, -0.2) is 28.3 Å². The Labute approximate surface area is 92.0 Å². The maximum atomic E-state index is 11.8. The Kier molecular flexibility index (Phi) is 2.20. The van der Waals surface area contributed by atoms with Crippen LogP contribution in [0.15, 0.2) is 6.20 Å². The molecule has 7 nitrogen and oxygen atoms in total. The van der Waals surface area contributed by atoms with Crippen molar-refractivity contribution < 1.29 is 9.59 Å². The van der Waals surface area contributed by atoms with E-state index in [1.54, 1.807) is 17.9 Å². The first kappa shape index (κ1) is 10.6. The van der Waals surface area contributed by atoms with Gasteiger partial charge < -0.3 is 11.1 Å². The lowest BCUT2D eigenvalue weighted by Crippen LogP contribution is -2.50. The number of hydrogen-bond donors (Lipinski definition) is 3. The van der Waals surface area contributed by atoms with Gasteiger partial charge in [-0.2, -0.15) is 5.10 Å². The Morgan fingerprint density at radius 3 is 2.62 bits per heavy atom. The highest BCUT2D eigenvalue weighted by molar-refractivity contribution is 6.07. The lowest BCUT2D eigenvalue weighted by atomic mass is 9.93. The summed E-state index contributed by atoms with van der Waals surface area (Å²) in [5.41, 5.74) is 5.67. The number of carbonyl (C=O) groups is 2. The molecule has 1 fully saturated rings. The number of nitrogens with two attached hydrogens (primary N) is 1. The lowest BCUT2D eigenvalue weighted by Gasteiger charge is -2.22. The van der Waals surface area contributed by atoms with Gasteiger partial charge in [0.2, 0.25) is 0 Å². The third-order valence-electron chi connectivity index (χ3n) is 2.66. The molecule has 1 aliphatic heterocycles. The highest BCUT2D eigenvalue weighted by Gasteiger charge is 2.49. The molecule has 0 bridgehead atoms. The van der Waals surface area contributed by atoms with Crippen LogP contribution in [0.2, 0.25) is 0 Å². The molecule has 3 amide bonds. The molecule has 1 unspecified atom stereocenters. The highest BCUT2D eigenvalue weighted by Crippen LogP contribution is 2.24. The molecule has 7 heteroatoms. The van der Waals surface area contributed by atoms with Crippen LogP contribution in [0, 0.1) is 6.92 Å². The Bertz CT molecular complexity index is 466. The van der Waals surface area contributed by atoms with Gasteiger partial charge in [0, 0.05) is 19.8 Å². The summed E-state index contributed by atoms with van der Waals surface area (Å²) >= 11 is 0. The van der Waals surface area contributed by atoms with Crippen LogP contribution < -0.4 is 16.4 Å². The van der Waals surface area contributed by atoms with Gasteiger partial charge in [0.05, 0.1) is 0 Å². The maximum Gasteiger partial charge on any atom is 0.322 e. The molecule has 0 aliphatic carbocycles. The van der Waals surface area contributed by atoms with E-state index in [9.17, 15) is 9.59 Å². The van der Waals surface area contributed by atoms with E-state index >= 15 is 0 Å². The van der Waals surface area contributed by atoms with Crippen molar-refractivity contribution in [3.63, 3.8) is 0 Å². The highest BCUT2D eigenvalue weighted by atomic mass is 16.2. The maximum absolute atomic E-state index is 11.8. The Balaban J connectivity index is 2.54. The summed E-state index contributed by atoms with van der Waals surface area (Å²) in [6.07, 6.45) is 1.77. The summed E-state index contributed by atoms with van der Waals surface area (Å²) in [6, 6.07) is -0.541. The van der Waals surface area contributed by atoms with E-state index in [4.69, 9.17) is 5.73 Å². The summed E-state index contributed by atoms with van der Waals surface area (Å²) < 4.78 is 1.58. The normalized spacial score (nSPS) is 24.4. The lowest BCUT2D eigenvalue weighted by molar-refractivity contribution is -0.124. The molecule has 0 spiro atoms. The minimum absolute atomic E-state index is 0.0254. The zero-order chi connectivity index (χ0) is 11.9. The Morgan fingerprint density at radius 1 is 1.56 bits per heavy atom. The first-order valence-corrected chi connectivity index (χ1v) is 4.84. The number of nitrogens with one attached hydrogen (secondary N) is 2. The van der Waals surface area contributed by atoms with Crippen molar-refractivity contribution in [2.75, 3.05) is 6.54 Å². The number of aromatic nitrogens is 2. The molecule has 16 heavy (non-hydrogen) atoms. The monoisotopic (exact) mass is 223 g/mol. The van der Waals surface area contributed by atoms with Gasteiger partial charge in [-0.05, 0) is 12.5 Å². The average Bonchev–Trinajstić information content (AvgIpc) is 2.67. The second kappa shape index (κ2) is 3.31. The van der Waals surface area contributed by atoms with E-state index < -0.39 is 17.5 Å². The van der Waals surface area contributed by atoms with E-state index in [1.807, 2.05) is 6.92 Å². The topological polar surface area (TPSA) is 102 Å². The van der Waals surface area contributed by atoms with E-state index in [0.717, 1.165) is 5.56 Å². The van der Waals surface area contributed by atoms with Crippen molar-refractivity contribution in [1.82, 2.24) is 20.4 Å². The quantitative estimate of drug-likeness (QED) is 0.543. The number of aryl methyl sites for hydroxylation is 2. The molecule has 1 aromatic rings. The Hall–Kier alpha value is -1.89. The predicted molar refractivity (Wildman–Crippen MR) is 55.4 cm³/mol. The van der Waals surface area contributed by atoms with Crippen LogP contribution in [-0.2, 0) is 17.4 Å². The molecule has 0 aromatic carbocycles. The number of nitrogens with zero attached hydrogens (tertiary/aromatic N) is 2. The smallest absolute Gasteiger partial charge is 0.322 e. The van der Waals surface area contributed by atoms with Crippen LogP contribution in [0.25, 0.3) is 0 Å². The van der Waals surface area contributed by atoms with E-state index in [2.05, 4.69) is 15.7 Å². The molecule has 1 saturated heterocycles. The molecule has 86 valence electrons.